The summed E-state index contributed by atoms with van der Waals surface area (Å²) in [6.45, 7) is 3.49. The van der Waals surface area contributed by atoms with Crippen molar-refractivity contribution in [1.82, 2.24) is 0 Å². The first-order chi connectivity index (χ1) is 7.50. The van der Waals surface area contributed by atoms with Crippen LogP contribution in [0.25, 0.3) is 0 Å². The topological polar surface area (TPSA) is 0 Å². The maximum absolute atomic E-state index is 12.9. The molecule has 84 valence electrons. The van der Waals surface area contributed by atoms with E-state index in [4.69, 9.17) is 2.74 Å². The van der Waals surface area contributed by atoms with E-state index < -0.39 is 18.0 Å². The van der Waals surface area contributed by atoms with Crippen molar-refractivity contribution in [2.45, 2.75) is 33.3 Å². The van der Waals surface area contributed by atoms with Crippen molar-refractivity contribution >= 4 is 0 Å². The summed E-state index contributed by atoms with van der Waals surface area (Å²) in [5, 5.41) is 0. The van der Waals surface area contributed by atoms with E-state index in [0.717, 1.165) is 19.4 Å². The van der Waals surface area contributed by atoms with Crippen molar-refractivity contribution in [2.24, 2.45) is 5.41 Å². The van der Waals surface area contributed by atoms with E-state index in [1.807, 2.05) is 0 Å². The average Bonchev–Trinajstić information content (AvgIpc) is 2.15. The molecule has 3 heteroatoms. The second kappa shape index (κ2) is 3.87. The molecule has 0 N–H and O–H groups in total. The minimum absolute atomic E-state index is 0.0554. The van der Waals surface area contributed by atoms with Crippen molar-refractivity contribution in [2.75, 3.05) is 0 Å². The van der Waals surface area contributed by atoms with Gasteiger partial charge < -0.3 is 0 Å². The van der Waals surface area contributed by atoms with Gasteiger partial charge in [-0.15, -0.1) is 0 Å². The summed E-state index contributed by atoms with van der Waals surface area (Å²) in [4.78, 5) is 0. The van der Waals surface area contributed by atoms with Crippen LogP contribution < -0.4 is 0 Å². The van der Waals surface area contributed by atoms with Crippen molar-refractivity contribution in [3.8, 4) is 0 Å². The third-order valence-electron chi connectivity index (χ3n) is 2.18. The molecule has 0 spiro atoms. The van der Waals surface area contributed by atoms with Crippen LogP contribution in [0.15, 0.2) is 24.3 Å². The third-order valence-corrected chi connectivity index (χ3v) is 2.18. The summed E-state index contributed by atoms with van der Waals surface area (Å²) >= 11 is 0. The van der Waals surface area contributed by atoms with Gasteiger partial charge in [0.1, 0.15) is 0 Å². The van der Waals surface area contributed by atoms with Crippen LogP contribution in [-0.2, 0) is 6.37 Å². The van der Waals surface area contributed by atoms with Gasteiger partial charge in [0.05, 0.1) is 5.41 Å². The lowest BCUT2D eigenvalue weighted by atomic mass is 9.85. The second-order valence-corrected chi connectivity index (χ2v) is 4.12. The normalized spacial score (nSPS) is 15.9. The van der Waals surface area contributed by atoms with E-state index >= 15 is 0 Å². The summed E-state index contributed by atoms with van der Waals surface area (Å²) in [7, 11) is 0. The molecule has 0 saturated heterocycles. The maximum atomic E-state index is 12.9. The zero-order valence-corrected chi connectivity index (χ0v) is 8.94. The molecule has 0 aromatic heterocycles. The summed E-state index contributed by atoms with van der Waals surface area (Å²) < 4.78 is 54.2. The molecule has 0 nitrogen and oxygen atoms in total. The van der Waals surface area contributed by atoms with Gasteiger partial charge in [-0.3, -0.25) is 0 Å². The van der Waals surface area contributed by atoms with E-state index in [1.54, 1.807) is 19.1 Å². The maximum Gasteiger partial charge on any atom is 0.394 e. The van der Waals surface area contributed by atoms with Gasteiger partial charge in [0.15, 0.2) is 0 Å². The minimum atomic E-state index is -4.60. The summed E-state index contributed by atoms with van der Waals surface area (Å²) in [5.41, 5.74) is -1.64. The molecular formula is C12H15F3. The molecule has 1 aromatic rings. The van der Waals surface area contributed by atoms with Crippen LogP contribution in [0, 0.1) is 12.3 Å². The molecule has 0 heterocycles. The highest BCUT2D eigenvalue weighted by Gasteiger charge is 2.46. The van der Waals surface area contributed by atoms with Crippen LogP contribution >= 0.6 is 0 Å². The van der Waals surface area contributed by atoms with Crippen molar-refractivity contribution < 1.29 is 15.9 Å². The first-order valence-corrected chi connectivity index (χ1v) is 4.64. The minimum Gasteiger partial charge on any atom is -0.171 e. The number of hydrogen-bond acceptors (Lipinski definition) is 0. The number of rotatable bonds is 2. The number of aryl methyl sites for hydroxylation is 1. The molecule has 0 unspecified atom stereocenters. The zero-order valence-electron chi connectivity index (χ0n) is 10.9. The number of halogens is 3. The van der Waals surface area contributed by atoms with Gasteiger partial charge in [-0.05, 0) is 18.9 Å². The van der Waals surface area contributed by atoms with Gasteiger partial charge in [-0.1, -0.05) is 43.7 Å². The molecule has 0 saturated carbocycles. The number of benzene rings is 1. The van der Waals surface area contributed by atoms with Crippen LogP contribution in [0.3, 0.4) is 0 Å². The van der Waals surface area contributed by atoms with Crippen LogP contribution in [0.1, 0.15) is 27.7 Å². The predicted octanol–water partition coefficient (Wildman–Crippen LogP) is 4.13. The SMILES string of the molecule is [2H]C([2H])(c1cccc(C)c1)C(C)(C)C(F)(F)F. The lowest BCUT2D eigenvalue weighted by molar-refractivity contribution is -0.211. The Morgan fingerprint density at radius 2 is 1.87 bits per heavy atom. The first kappa shape index (κ1) is 9.25. The van der Waals surface area contributed by atoms with Gasteiger partial charge in [0, 0.05) is 2.74 Å². The Kier molecular flexibility index (Phi) is 2.39. The molecular weight excluding hydrogens is 201 g/mol. The highest BCUT2D eigenvalue weighted by Crippen LogP contribution is 2.40. The van der Waals surface area contributed by atoms with E-state index in [0.29, 0.717) is 0 Å². The van der Waals surface area contributed by atoms with Gasteiger partial charge in [-0.25, -0.2) is 0 Å². The molecule has 0 fully saturated rings. The van der Waals surface area contributed by atoms with Crippen LogP contribution in [0.2, 0.25) is 0 Å². The molecule has 15 heavy (non-hydrogen) atoms. The second-order valence-electron chi connectivity index (χ2n) is 4.12. The molecule has 0 bridgehead atoms. The Labute approximate surface area is 90.9 Å². The number of alkyl halides is 3. The van der Waals surface area contributed by atoms with Crippen molar-refractivity contribution in [1.29, 1.82) is 0 Å². The summed E-state index contributed by atoms with van der Waals surface area (Å²) in [6.07, 6.45) is -7.06. The van der Waals surface area contributed by atoms with Crippen LogP contribution in [0.4, 0.5) is 13.2 Å². The van der Waals surface area contributed by atoms with E-state index in [9.17, 15) is 13.2 Å². The van der Waals surface area contributed by atoms with Gasteiger partial charge in [-0.2, -0.15) is 13.2 Å². The fourth-order valence-electron chi connectivity index (χ4n) is 1.15. The molecule has 1 aromatic carbocycles. The molecule has 1 rings (SSSR count). The van der Waals surface area contributed by atoms with Crippen LogP contribution in [0.5, 0.6) is 0 Å². The molecule has 0 aliphatic heterocycles. The molecule has 0 atom stereocenters. The molecule has 0 radical (unpaired) electrons. The average molecular weight is 218 g/mol. The Balaban J connectivity index is 3.28. The molecule has 0 aliphatic rings. The highest BCUT2D eigenvalue weighted by atomic mass is 19.4. The first-order valence-electron chi connectivity index (χ1n) is 5.64. The van der Waals surface area contributed by atoms with Gasteiger partial charge in [0.25, 0.3) is 0 Å². The van der Waals surface area contributed by atoms with Gasteiger partial charge >= 0.3 is 6.18 Å². The molecule has 0 amide bonds. The van der Waals surface area contributed by atoms with Crippen molar-refractivity contribution in [3.05, 3.63) is 35.4 Å². The quantitative estimate of drug-likeness (QED) is 0.700. The van der Waals surface area contributed by atoms with Crippen LogP contribution in [-0.4, -0.2) is 6.18 Å². The zero-order chi connectivity index (χ0) is 13.5. The third kappa shape index (κ3) is 2.98. The van der Waals surface area contributed by atoms with E-state index in [2.05, 4.69) is 0 Å². The lowest BCUT2D eigenvalue weighted by Gasteiger charge is -2.27. The Morgan fingerprint density at radius 3 is 2.33 bits per heavy atom. The highest BCUT2D eigenvalue weighted by molar-refractivity contribution is 5.23. The van der Waals surface area contributed by atoms with Gasteiger partial charge in [0.2, 0.25) is 0 Å². The summed E-state index contributed by atoms with van der Waals surface area (Å²) in [6, 6.07) is 6.13. The monoisotopic (exact) mass is 218 g/mol. The Bertz CT molecular complexity index is 408. The van der Waals surface area contributed by atoms with Crippen molar-refractivity contribution in [3.63, 3.8) is 0 Å². The standard InChI is InChI=1S/C12H15F3/c1-9-5-4-6-10(7-9)8-11(2,3)12(13,14)15/h4-7H,8H2,1-3H3/i8D2. The fraction of sp³-hybridized carbons (Fsp3) is 0.500. The predicted molar refractivity (Wildman–Crippen MR) is 54.7 cm³/mol. The van der Waals surface area contributed by atoms with E-state index in [1.165, 1.54) is 12.1 Å². The Hall–Kier alpha value is -0.990. The van der Waals surface area contributed by atoms with E-state index in [-0.39, 0.29) is 5.56 Å². The largest absolute Gasteiger partial charge is 0.394 e. The summed E-state index contributed by atoms with van der Waals surface area (Å²) in [5.74, 6) is 0. The smallest absolute Gasteiger partial charge is 0.171 e. The Morgan fingerprint density at radius 1 is 1.27 bits per heavy atom. The lowest BCUT2D eigenvalue weighted by Crippen LogP contribution is -2.34. The molecule has 0 aliphatic carbocycles. The number of hydrogen-bond donors (Lipinski definition) is 0. The fourth-order valence-corrected chi connectivity index (χ4v) is 1.15.